The van der Waals surface area contributed by atoms with Crippen molar-refractivity contribution in [2.75, 3.05) is 11.5 Å². The predicted molar refractivity (Wildman–Crippen MR) is 79.8 cm³/mol. The topological polar surface area (TPSA) is 124 Å². The van der Waals surface area contributed by atoms with Crippen LogP contribution in [0.3, 0.4) is 0 Å². The summed E-state index contributed by atoms with van der Waals surface area (Å²) in [6.45, 7) is 0. The summed E-state index contributed by atoms with van der Waals surface area (Å²) in [6, 6.07) is 5.73. The number of rotatable bonds is 4. The predicted octanol–water partition coefficient (Wildman–Crippen LogP) is 2.31. The van der Waals surface area contributed by atoms with Crippen LogP contribution in [0.2, 0.25) is 0 Å². The van der Waals surface area contributed by atoms with Gasteiger partial charge in [0, 0.05) is 5.56 Å². The van der Waals surface area contributed by atoms with Gasteiger partial charge in [0.05, 0.1) is 11.3 Å². The third kappa shape index (κ3) is 2.97. The average molecular weight is 316 g/mol. The van der Waals surface area contributed by atoms with Crippen molar-refractivity contribution in [1.82, 2.24) is 4.98 Å². The number of nitrogens with zero attached hydrogens (tertiary/aromatic N) is 3. The SMILES string of the molecule is N#Cc1c(N)nc(SCC(=O)O)c(C#N)c1-c1ccsc1. The van der Waals surface area contributed by atoms with Crippen molar-refractivity contribution in [3.63, 3.8) is 0 Å². The van der Waals surface area contributed by atoms with E-state index in [0.717, 1.165) is 11.8 Å². The van der Waals surface area contributed by atoms with Gasteiger partial charge in [-0.15, -0.1) is 0 Å². The number of aliphatic carboxylic acids is 1. The van der Waals surface area contributed by atoms with Crippen LogP contribution in [0, 0.1) is 22.7 Å². The molecule has 0 bridgehead atoms. The molecular weight excluding hydrogens is 308 g/mol. The summed E-state index contributed by atoms with van der Waals surface area (Å²) in [5.41, 5.74) is 7.17. The summed E-state index contributed by atoms with van der Waals surface area (Å²) in [7, 11) is 0. The lowest BCUT2D eigenvalue weighted by molar-refractivity contribution is -0.133. The molecule has 0 aromatic carbocycles. The van der Waals surface area contributed by atoms with E-state index in [1.165, 1.54) is 11.3 Å². The number of hydrogen-bond donors (Lipinski definition) is 2. The van der Waals surface area contributed by atoms with E-state index < -0.39 is 5.97 Å². The van der Waals surface area contributed by atoms with E-state index in [9.17, 15) is 15.3 Å². The zero-order valence-electron chi connectivity index (χ0n) is 10.5. The fraction of sp³-hybridized carbons (Fsp3) is 0.0769. The molecule has 2 rings (SSSR count). The first kappa shape index (κ1) is 14.9. The van der Waals surface area contributed by atoms with Gasteiger partial charge in [-0.3, -0.25) is 4.79 Å². The largest absolute Gasteiger partial charge is 0.481 e. The standard InChI is InChI=1S/C13H8N4O2S2/c14-3-8-11(7-1-2-20-5-7)9(4-15)13(17-12(8)16)21-6-10(18)19/h1-2,5H,6H2,(H2,16,17)(H,18,19). The monoisotopic (exact) mass is 316 g/mol. The van der Waals surface area contributed by atoms with E-state index in [4.69, 9.17) is 10.8 Å². The molecule has 0 saturated heterocycles. The van der Waals surface area contributed by atoms with Crippen molar-refractivity contribution in [3.05, 3.63) is 28.0 Å². The Morgan fingerprint density at radius 1 is 1.43 bits per heavy atom. The molecule has 8 heteroatoms. The van der Waals surface area contributed by atoms with Crippen molar-refractivity contribution in [1.29, 1.82) is 10.5 Å². The van der Waals surface area contributed by atoms with Gasteiger partial charge in [0.15, 0.2) is 0 Å². The minimum absolute atomic E-state index is 0.00871. The molecule has 2 aromatic heterocycles. The molecule has 0 unspecified atom stereocenters. The van der Waals surface area contributed by atoms with E-state index in [0.29, 0.717) is 11.1 Å². The van der Waals surface area contributed by atoms with Gasteiger partial charge in [-0.25, -0.2) is 4.98 Å². The molecule has 0 aliphatic carbocycles. The summed E-state index contributed by atoms with van der Waals surface area (Å²) < 4.78 is 0. The van der Waals surface area contributed by atoms with E-state index in [2.05, 4.69) is 4.98 Å². The molecule has 0 atom stereocenters. The van der Waals surface area contributed by atoms with Crippen LogP contribution in [0.5, 0.6) is 0 Å². The quantitative estimate of drug-likeness (QED) is 0.829. The second-order valence-electron chi connectivity index (χ2n) is 3.85. The number of carboxylic acid groups (broad SMARTS) is 1. The molecule has 0 aliphatic heterocycles. The first-order valence-corrected chi connectivity index (χ1v) is 7.52. The van der Waals surface area contributed by atoms with E-state index >= 15 is 0 Å². The lowest BCUT2D eigenvalue weighted by Gasteiger charge is -2.11. The van der Waals surface area contributed by atoms with Gasteiger partial charge in [0.25, 0.3) is 0 Å². The van der Waals surface area contributed by atoms with Crippen molar-refractivity contribution < 1.29 is 9.90 Å². The number of aromatic nitrogens is 1. The number of thiophene rings is 1. The molecule has 3 N–H and O–H groups in total. The molecule has 0 saturated carbocycles. The normalized spacial score (nSPS) is 9.81. The first-order chi connectivity index (χ1) is 10.1. The van der Waals surface area contributed by atoms with E-state index in [-0.39, 0.29) is 27.7 Å². The summed E-state index contributed by atoms with van der Waals surface area (Å²) >= 11 is 2.33. The summed E-state index contributed by atoms with van der Waals surface area (Å²) in [5, 5.41) is 31.2. The van der Waals surface area contributed by atoms with E-state index in [1.807, 2.05) is 17.5 Å². The van der Waals surface area contributed by atoms with Gasteiger partial charge in [0.2, 0.25) is 0 Å². The summed E-state index contributed by atoms with van der Waals surface area (Å²) in [4.78, 5) is 14.7. The highest BCUT2D eigenvalue weighted by atomic mass is 32.2. The van der Waals surface area contributed by atoms with Crippen LogP contribution in [0.4, 0.5) is 5.82 Å². The Bertz CT molecular complexity index is 773. The first-order valence-electron chi connectivity index (χ1n) is 5.59. The lowest BCUT2D eigenvalue weighted by atomic mass is 9.99. The summed E-state index contributed by atoms with van der Waals surface area (Å²) in [5.74, 6) is -1.27. The van der Waals surface area contributed by atoms with Gasteiger partial charge in [-0.2, -0.15) is 21.9 Å². The molecule has 6 nitrogen and oxygen atoms in total. The van der Waals surface area contributed by atoms with Crippen LogP contribution >= 0.6 is 23.1 Å². The van der Waals surface area contributed by atoms with Gasteiger partial charge >= 0.3 is 5.97 Å². The fourth-order valence-electron chi connectivity index (χ4n) is 1.73. The number of anilines is 1. The third-order valence-electron chi connectivity index (χ3n) is 2.56. The number of nitrogen functional groups attached to an aromatic ring is 1. The van der Waals surface area contributed by atoms with Crippen molar-refractivity contribution >= 4 is 34.9 Å². The van der Waals surface area contributed by atoms with Gasteiger partial charge in [0.1, 0.15) is 28.5 Å². The number of hydrogen-bond acceptors (Lipinski definition) is 7. The molecule has 0 fully saturated rings. The fourth-order valence-corrected chi connectivity index (χ4v) is 3.09. The van der Waals surface area contributed by atoms with Crippen molar-refractivity contribution in [2.45, 2.75) is 5.03 Å². The van der Waals surface area contributed by atoms with Crippen molar-refractivity contribution in [3.8, 4) is 23.3 Å². The lowest BCUT2D eigenvalue weighted by Crippen LogP contribution is -2.05. The Kier molecular flexibility index (Phi) is 4.43. The van der Waals surface area contributed by atoms with Gasteiger partial charge < -0.3 is 10.8 Å². The maximum atomic E-state index is 10.7. The zero-order valence-corrected chi connectivity index (χ0v) is 12.2. The van der Waals surface area contributed by atoms with Crippen LogP contribution in [-0.4, -0.2) is 21.8 Å². The molecule has 2 aromatic rings. The molecule has 21 heavy (non-hydrogen) atoms. The highest BCUT2D eigenvalue weighted by Gasteiger charge is 2.21. The Balaban J connectivity index is 2.69. The van der Waals surface area contributed by atoms with Crippen LogP contribution in [0.1, 0.15) is 11.1 Å². The second kappa shape index (κ2) is 6.27. The molecule has 104 valence electrons. The third-order valence-corrected chi connectivity index (χ3v) is 4.20. The number of pyridine rings is 1. The number of thioether (sulfide) groups is 1. The van der Waals surface area contributed by atoms with Gasteiger partial charge in [-0.1, -0.05) is 11.8 Å². The zero-order chi connectivity index (χ0) is 15.4. The highest BCUT2D eigenvalue weighted by Crippen LogP contribution is 2.36. The average Bonchev–Trinajstić information content (AvgIpc) is 2.97. The summed E-state index contributed by atoms with van der Waals surface area (Å²) in [6.07, 6.45) is 0. The highest BCUT2D eigenvalue weighted by molar-refractivity contribution is 7.99. The van der Waals surface area contributed by atoms with Crippen LogP contribution in [0.15, 0.2) is 21.9 Å². The van der Waals surface area contributed by atoms with Crippen molar-refractivity contribution in [2.24, 2.45) is 0 Å². The minimum atomic E-state index is -1.02. The number of nitriles is 2. The molecule has 0 aliphatic rings. The number of carbonyl (C=O) groups is 1. The minimum Gasteiger partial charge on any atom is -0.481 e. The molecule has 0 radical (unpaired) electrons. The maximum Gasteiger partial charge on any atom is 0.313 e. The Hall–Kier alpha value is -2.55. The Morgan fingerprint density at radius 2 is 2.14 bits per heavy atom. The smallest absolute Gasteiger partial charge is 0.313 e. The van der Waals surface area contributed by atoms with Crippen LogP contribution in [-0.2, 0) is 4.79 Å². The van der Waals surface area contributed by atoms with Crippen LogP contribution in [0.25, 0.3) is 11.1 Å². The number of carboxylic acids is 1. The molecule has 0 spiro atoms. The number of nitrogens with two attached hydrogens (primary N) is 1. The molecule has 0 amide bonds. The second-order valence-corrected chi connectivity index (χ2v) is 5.59. The van der Waals surface area contributed by atoms with E-state index in [1.54, 1.807) is 11.4 Å². The Labute approximate surface area is 128 Å². The van der Waals surface area contributed by atoms with Crippen LogP contribution < -0.4 is 5.73 Å². The van der Waals surface area contributed by atoms with Gasteiger partial charge in [-0.05, 0) is 22.4 Å². The Morgan fingerprint density at radius 3 is 2.67 bits per heavy atom. The molecular formula is C13H8N4O2S2. The molecule has 2 heterocycles. The maximum absolute atomic E-state index is 10.7.